The van der Waals surface area contributed by atoms with Crippen LogP contribution in [-0.2, 0) is 0 Å². The van der Waals surface area contributed by atoms with Gasteiger partial charge in [0.15, 0.2) is 0 Å². The van der Waals surface area contributed by atoms with Crippen LogP contribution >= 0.6 is 0 Å². The maximum atomic E-state index is 9.62. The summed E-state index contributed by atoms with van der Waals surface area (Å²) in [6, 6.07) is 3.79. The quantitative estimate of drug-likeness (QED) is 0.691. The molecule has 0 aromatic carbocycles. The Morgan fingerprint density at radius 2 is 2.36 bits per heavy atom. The number of aromatic nitrogens is 1. The van der Waals surface area contributed by atoms with Gasteiger partial charge in [0.25, 0.3) is 0 Å². The SMILES string of the molecule is O[C@@H](c1cccnc1)C1CC1. The van der Waals surface area contributed by atoms with Crippen molar-refractivity contribution < 1.29 is 5.11 Å². The summed E-state index contributed by atoms with van der Waals surface area (Å²) in [5.74, 6) is 0.499. The lowest BCUT2D eigenvalue weighted by Gasteiger charge is -2.07. The molecule has 2 nitrogen and oxygen atoms in total. The zero-order valence-electron chi connectivity index (χ0n) is 6.27. The Bertz CT molecular complexity index is 231. The van der Waals surface area contributed by atoms with Crippen molar-refractivity contribution in [2.45, 2.75) is 18.9 Å². The number of aliphatic hydroxyl groups is 1. The van der Waals surface area contributed by atoms with E-state index in [0.29, 0.717) is 5.92 Å². The van der Waals surface area contributed by atoms with E-state index in [4.69, 9.17) is 0 Å². The van der Waals surface area contributed by atoms with E-state index in [1.54, 1.807) is 12.4 Å². The van der Waals surface area contributed by atoms with Crippen molar-refractivity contribution in [1.29, 1.82) is 0 Å². The van der Waals surface area contributed by atoms with Gasteiger partial charge in [0, 0.05) is 12.4 Å². The van der Waals surface area contributed by atoms with Crippen LogP contribution in [0.5, 0.6) is 0 Å². The molecule has 0 radical (unpaired) electrons. The zero-order chi connectivity index (χ0) is 7.68. The molecule has 1 aliphatic rings. The molecule has 1 aromatic rings. The van der Waals surface area contributed by atoms with E-state index in [1.807, 2.05) is 12.1 Å². The van der Waals surface area contributed by atoms with E-state index >= 15 is 0 Å². The first-order valence-corrected chi connectivity index (χ1v) is 3.96. The molecule has 0 bridgehead atoms. The Morgan fingerprint density at radius 1 is 1.55 bits per heavy atom. The van der Waals surface area contributed by atoms with Crippen LogP contribution in [-0.4, -0.2) is 10.1 Å². The highest BCUT2D eigenvalue weighted by Gasteiger charge is 2.30. The lowest BCUT2D eigenvalue weighted by molar-refractivity contribution is 0.153. The summed E-state index contributed by atoms with van der Waals surface area (Å²) in [6.45, 7) is 0. The Labute approximate surface area is 65.9 Å². The number of nitrogens with zero attached hydrogens (tertiary/aromatic N) is 1. The molecule has 1 saturated carbocycles. The summed E-state index contributed by atoms with van der Waals surface area (Å²) < 4.78 is 0. The third-order valence-electron chi connectivity index (χ3n) is 2.09. The Hall–Kier alpha value is -0.890. The molecule has 0 saturated heterocycles. The second kappa shape index (κ2) is 2.62. The molecule has 1 heterocycles. The molecule has 1 fully saturated rings. The monoisotopic (exact) mass is 149 g/mol. The van der Waals surface area contributed by atoms with E-state index in [9.17, 15) is 5.11 Å². The highest BCUT2D eigenvalue weighted by atomic mass is 16.3. The highest BCUT2D eigenvalue weighted by molar-refractivity contribution is 5.14. The van der Waals surface area contributed by atoms with Crippen molar-refractivity contribution in [1.82, 2.24) is 4.98 Å². The molecule has 0 unspecified atom stereocenters. The number of hydrogen-bond acceptors (Lipinski definition) is 2. The molecule has 1 atom stereocenters. The minimum atomic E-state index is -0.274. The molecule has 0 aliphatic heterocycles. The van der Waals surface area contributed by atoms with E-state index in [-0.39, 0.29) is 6.10 Å². The number of pyridine rings is 1. The van der Waals surface area contributed by atoms with Crippen LogP contribution in [0, 0.1) is 5.92 Å². The van der Waals surface area contributed by atoms with Gasteiger partial charge in [-0.15, -0.1) is 0 Å². The van der Waals surface area contributed by atoms with Crippen LogP contribution in [0.3, 0.4) is 0 Å². The Kier molecular flexibility index (Phi) is 1.62. The van der Waals surface area contributed by atoms with Gasteiger partial charge >= 0.3 is 0 Å². The van der Waals surface area contributed by atoms with Crippen molar-refractivity contribution in [2.75, 3.05) is 0 Å². The molecular formula is C9H11NO. The first-order valence-electron chi connectivity index (χ1n) is 3.96. The Morgan fingerprint density at radius 3 is 2.91 bits per heavy atom. The predicted molar refractivity (Wildman–Crippen MR) is 41.9 cm³/mol. The van der Waals surface area contributed by atoms with Gasteiger partial charge in [-0.2, -0.15) is 0 Å². The van der Waals surface area contributed by atoms with Gasteiger partial charge in [-0.05, 0) is 30.4 Å². The van der Waals surface area contributed by atoms with Gasteiger partial charge in [-0.25, -0.2) is 0 Å². The fourth-order valence-electron chi connectivity index (χ4n) is 1.24. The van der Waals surface area contributed by atoms with Crippen LogP contribution in [0.2, 0.25) is 0 Å². The van der Waals surface area contributed by atoms with Crippen LogP contribution in [0.25, 0.3) is 0 Å². The van der Waals surface area contributed by atoms with E-state index < -0.39 is 0 Å². The van der Waals surface area contributed by atoms with Gasteiger partial charge in [0.1, 0.15) is 0 Å². The standard InChI is InChI=1S/C9H11NO/c11-9(7-3-4-7)8-2-1-5-10-6-8/h1-2,5-7,9,11H,3-4H2/t9-/m1/s1. The molecule has 1 aliphatic carbocycles. The van der Waals surface area contributed by atoms with E-state index in [0.717, 1.165) is 18.4 Å². The van der Waals surface area contributed by atoms with E-state index in [1.165, 1.54) is 0 Å². The van der Waals surface area contributed by atoms with Crippen molar-refractivity contribution >= 4 is 0 Å². The number of hydrogen-bond donors (Lipinski definition) is 1. The molecule has 58 valence electrons. The molecule has 2 heteroatoms. The van der Waals surface area contributed by atoms with Crippen molar-refractivity contribution in [2.24, 2.45) is 5.92 Å². The topological polar surface area (TPSA) is 33.1 Å². The molecular weight excluding hydrogens is 138 g/mol. The molecule has 1 N–H and O–H groups in total. The lowest BCUT2D eigenvalue weighted by Crippen LogP contribution is -1.98. The second-order valence-corrected chi connectivity index (χ2v) is 3.07. The third kappa shape index (κ3) is 1.40. The fourth-order valence-corrected chi connectivity index (χ4v) is 1.24. The summed E-state index contributed by atoms with van der Waals surface area (Å²) in [6.07, 6.45) is 5.52. The predicted octanol–water partition coefficient (Wildman–Crippen LogP) is 1.52. The minimum absolute atomic E-state index is 0.274. The molecule has 11 heavy (non-hydrogen) atoms. The van der Waals surface area contributed by atoms with Crippen molar-refractivity contribution in [3.05, 3.63) is 30.1 Å². The summed E-state index contributed by atoms with van der Waals surface area (Å²) in [7, 11) is 0. The van der Waals surface area contributed by atoms with Crippen molar-refractivity contribution in [3.8, 4) is 0 Å². The summed E-state index contributed by atoms with van der Waals surface area (Å²) in [4.78, 5) is 3.96. The zero-order valence-corrected chi connectivity index (χ0v) is 6.27. The number of rotatable bonds is 2. The summed E-state index contributed by atoms with van der Waals surface area (Å²) >= 11 is 0. The van der Waals surface area contributed by atoms with E-state index in [2.05, 4.69) is 4.98 Å². The van der Waals surface area contributed by atoms with Crippen LogP contribution in [0.15, 0.2) is 24.5 Å². The lowest BCUT2D eigenvalue weighted by atomic mass is 10.1. The smallest absolute Gasteiger partial charge is 0.0833 e. The maximum absolute atomic E-state index is 9.62. The molecule has 2 rings (SSSR count). The van der Waals surface area contributed by atoms with Crippen LogP contribution in [0.4, 0.5) is 0 Å². The van der Waals surface area contributed by atoms with Gasteiger partial charge in [0.2, 0.25) is 0 Å². The van der Waals surface area contributed by atoms with Crippen molar-refractivity contribution in [3.63, 3.8) is 0 Å². The van der Waals surface area contributed by atoms with Gasteiger partial charge < -0.3 is 5.11 Å². The minimum Gasteiger partial charge on any atom is -0.388 e. The Balaban J connectivity index is 2.15. The van der Waals surface area contributed by atoms with Gasteiger partial charge in [-0.1, -0.05) is 6.07 Å². The fraction of sp³-hybridized carbons (Fsp3) is 0.444. The average molecular weight is 149 g/mol. The normalized spacial score (nSPS) is 19.7. The van der Waals surface area contributed by atoms with Crippen LogP contribution < -0.4 is 0 Å². The summed E-state index contributed by atoms with van der Waals surface area (Å²) in [5, 5.41) is 9.62. The maximum Gasteiger partial charge on any atom is 0.0833 e. The second-order valence-electron chi connectivity index (χ2n) is 3.07. The largest absolute Gasteiger partial charge is 0.388 e. The van der Waals surface area contributed by atoms with Gasteiger partial charge in [-0.3, -0.25) is 4.98 Å². The van der Waals surface area contributed by atoms with Crippen LogP contribution in [0.1, 0.15) is 24.5 Å². The third-order valence-corrected chi connectivity index (χ3v) is 2.09. The highest BCUT2D eigenvalue weighted by Crippen LogP contribution is 2.40. The molecule has 0 spiro atoms. The summed E-state index contributed by atoms with van der Waals surface area (Å²) in [5.41, 5.74) is 0.954. The molecule has 1 aromatic heterocycles. The van der Waals surface area contributed by atoms with Gasteiger partial charge in [0.05, 0.1) is 6.10 Å². The molecule has 0 amide bonds. The average Bonchev–Trinajstić information content (AvgIpc) is 2.87. The first kappa shape index (κ1) is 6.80. The first-order chi connectivity index (χ1) is 5.38. The number of aliphatic hydroxyl groups excluding tert-OH is 1.